The van der Waals surface area contributed by atoms with E-state index >= 15 is 0 Å². The van der Waals surface area contributed by atoms with Crippen molar-refractivity contribution in [2.75, 3.05) is 13.7 Å². The van der Waals surface area contributed by atoms with E-state index in [0.717, 1.165) is 25.7 Å². The lowest BCUT2D eigenvalue weighted by atomic mass is 10.1. The van der Waals surface area contributed by atoms with E-state index in [2.05, 4.69) is 6.92 Å². The summed E-state index contributed by atoms with van der Waals surface area (Å²) >= 11 is 0. The summed E-state index contributed by atoms with van der Waals surface area (Å²) < 4.78 is 4.83. The fraction of sp³-hybridized carbons (Fsp3) is 1.00. The Bertz CT molecular complexity index is 56.3. The molecule has 0 radical (unpaired) electrons. The van der Waals surface area contributed by atoms with Crippen molar-refractivity contribution in [1.82, 2.24) is 0 Å². The minimum Gasteiger partial charge on any atom is -0.393 e. The number of rotatable bonds is 6. The fourth-order valence-electron chi connectivity index (χ4n) is 0.838. The normalized spacial score (nSPS) is 13.5. The Labute approximate surface area is 63.2 Å². The monoisotopic (exact) mass is 146 g/mol. The van der Waals surface area contributed by atoms with E-state index in [1.54, 1.807) is 7.11 Å². The Hall–Kier alpha value is -0.0800. The van der Waals surface area contributed by atoms with Gasteiger partial charge in [0.1, 0.15) is 0 Å². The van der Waals surface area contributed by atoms with Crippen LogP contribution < -0.4 is 0 Å². The fourth-order valence-corrected chi connectivity index (χ4v) is 0.838. The van der Waals surface area contributed by atoms with Crippen LogP contribution in [-0.2, 0) is 4.74 Å². The van der Waals surface area contributed by atoms with Crippen LogP contribution in [0.25, 0.3) is 0 Å². The number of hydrogen-bond acceptors (Lipinski definition) is 2. The van der Waals surface area contributed by atoms with Crippen molar-refractivity contribution in [3.63, 3.8) is 0 Å². The molecule has 0 aliphatic carbocycles. The second kappa shape index (κ2) is 7.03. The molecule has 10 heavy (non-hydrogen) atoms. The maximum atomic E-state index is 9.23. The lowest BCUT2D eigenvalue weighted by molar-refractivity contribution is 0.102. The van der Waals surface area contributed by atoms with Gasteiger partial charge in [0.15, 0.2) is 0 Å². The third-order valence-electron chi connectivity index (χ3n) is 1.55. The smallest absolute Gasteiger partial charge is 0.0562 e. The average molecular weight is 146 g/mol. The Morgan fingerprint density at radius 1 is 1.40 bits per heavy atom. The summed E-state index contributed by atoms with van der Waals surface area (Å²) in [5.74, 6) is 0. The molecule has 0 spiro atoms. The van der Waals surface area contributed by atoms with Gasteiger partial charge in [-0.25, -0.2) is 0 Å². The molecule has 0 aromatic rings. The highest BCUT2D eigenvalue weighted by atomic mass is 16.5. The molecule has 0 aromatic heterocycles. The van der Waals surface area contributed by atoms with Crippen LogP contribution in [0.4, 0.5) is 0 Å². The first-order valence-electron chi connectivity index (χ1n) is 3.98. The molecule has 0 saturated heterocycles. The third-order valence-corrected chi connectivity index (χ3v) is 1.55. The molecule has 0 bridgehead atoms. The molecule has 0 aromatic carbocycles. The van der Waals surface area contributed by atoms with E-state index in [0.29, 0.717) is 6.61 Å². The SMILES string of the molecule is CCCC[C@@H](O)CCOC. The summed E-state index contributed by atoms with van der Waals surface area (Å²) in [6.45, 7) is 2.80. The molecule has 62 valence electrons. The van der Waals surface area contributed by atoms with Gasteiger partial charge in [-0.1, -0.05) is 19.8 Å². The minimum atomic E-state index is -0.153. The van der Waals surface area contributed by atoms with Crippen molar-refractivity contribution in [1.29, 1.82) is 0 Å². The predicted molar refractivity (Wildman–Crippen MR) is 42.0 cm³/mol. The van der Waals surface area contributed by atoms with Gasteiger partial charge in [-0.05, 0) is 12.8 Å². The van der Waals surface area contributed by atoms with Crippen LogP contribution >= 0.6 is 0 Å². The lowest BCUT2D eigenvalue weighted by Crippen LogP contribution is -2.09. The topological polar surface area (TPSA) is 29.5 Å². The van der Waals surface area contributed by atoms with E-state index in [4.69, 9.17) is 4.74 Å². The van der Waals surface area contributed by atoms with Crippen LogP contribution in [0, 0.1) is 0 Å². The average Bonchev–Trinajstić information content (AvgIpc) is 1.97. The zero-order chi connectivity index (χ0) is 7.82. The molecule has 2 nitrogen and oxygen atoms in total. The number of hydrogen-bond donors (Lipinski definition) is 1. The minimum absolute atomic E-state index is 0.153. The number of ether oxygens (including phenoxy) is 1. The summed E-state index contributed by atoms with van der Waals surface area (Å²) in [5.41, 5.74) is 0. The summed E-state index contributed by atoms with van der Waals surface area (Å²) in [4.78, 5) is 0. The maximum absolute atomic E-state index is 9.23. The van der Waals surface area contributed by atoms with Crippen molar-refractivity contribution < 1.29 is 9.84 Å². The molecule has 0 heterocycles. The molecule has 0 saturated carbocycles. The first-order chi connectivity index (χ1) is 4.81. The first kappa shape index (κ1) is 9.92. The van der Waals surface area contributed by atoms with E-state index in [1.165, 1.54) is 0 Å². The van der Waals surface area contributed by atoms with E-state index in [-0.39, 0.29) is 6.10 Å². The van der Waals surface area contributed by atoms with Crippen LogP contribution in [0.3, 0.4) is 0 Å². The van der Waals surface area contributed by atoms with Gasteiger partial charge in [-0.15, -0.1) is 0 Å². The number of unbranched alkanes of at least 4 members (excludes halogenated alkanes) is 1. The van der Waals surface area contributed by atoms with Crippen molar-refractivity contribution in [2.45, 2.75) is 38.7 Å². The summed E-state index contributed by atoms with van der Waals surface area (Å²) in [6.07, 6.45) is 3.81. The number of aliphatic hydroxyl groups excluding tert-OH is 1. The van der Waals surface area contributed by atoms with Gasteiger partial charge in [0.25, 0.3) is 0 Å². The van der Waals surface area contributed by atoms with Gasteiger partial charge in [0.05, 0.1) is 6.10 Å². The third kappa shape index (κ3) is 6.05. The number of methoxy groups -OCH3 is 1. The molecular weight excluding hydrogens is 128 g/mol. The Morgan fingerprint density at radius 3 is 2.60 bits per heavy atom. The van der Waals surface area contributed by atoms with Gasteiger partial charge < -0.3 is 9.84 Å². The summed E-state index contributed by atoms with van der Waals surface area (Å²) in [5, 5.41) is 9.23. The van der Waals surface area contributed by atoms with Crippen LogP contribution in [-0.4, -0.2) is 24.9 Å². The summed E-state index contributed by atoms with van der Waals surface area (Å²) in [6, 6.07) is 0. The first-order valence-corrected chi connectivity index (χ1v) is 3.98. The highest BCUT2D eigenvalue weighted by molar-refractivity contribution is 4.53. The molecule has 0 aliphatic rings. The van der Waals surface area contributed by atoms with Crippen molar-refractivity contribution >= 4 is 0 Å². The predicted octanol–water partition coefficient (Wildman–Crippen LogP) is 1.57. The molecule has 0 unspecified atom stereocenters. The standard InChI is InChI=1S/C8H18O2/c1-3-4-5-8(9)6-7-10-2/h8-9H,3-7H2,1-2H3/t8-/m1/s1. The number of aliphatic hydroxyl groups is 1. The van der Waals surface area contributed by atoms with Crippen molar-refractivity contribution in [3.05, 3.63) is 0 Å². The zero-order valence-corrected chi connectivity index (χ0v) is 6.97. The van der Waals surface area contributed by atoms with E-state index in [9.17, 15) is 5.11 Å². The van der Waals surface area contributed by atoms with Gasteiger partial charge in [0.2, 0.25) is 0 Å². The summed E-state index contributed by atoms with van der Waals surface area (Å²) in [7, 11) is 1.66. The Kier molecular flexibility index (Phi) is 6.98. The van der Waals surface area contributed by atoms with Crippen LogP contribution in [0.5, 0.6) is 0 Å². The Morgan fingerprint density at radius 2 is 2.10 bits per heavy atom. The van der Waals surface area contributed by atoms with Crippen LogP contribution in [0.15, 0.2) is 0 Å². The van der Waals surface area contributed by atoms with Crippen LogP contribution in [0.1, 0.15) is 32.6 Å². The largest absolute Gasteiger partial charge is 0.393 e. The second-order valence-corrected chi connectivity index (χ2v) is 2.58. The second-order valence-electron chi connectivity index (χ2n) is 2.58. The Balaban J connectivity index is 3.00. The molecule has 0 rings (SSSR count). The highest BCUT2D eigenvalue weighted by Gasteiger charge is 2.01. The molecule has 1 N–H and O–H groups in total. The van der Waals surface area contributed by atoms with Crippen LogP contribution in [0.2, 0.25) is 0 Å². The van der Waals surface area contributed by atoms with Crippen molar-refractivity contribution in [3.8, 4) is 0 Å². The van der Waals surface area contributed by atoms with Gasteiger partial charge in [-0.3, -0.25) is 0 Å². The lowest BCUT2D eigenvalue weighted by Gasteiger charge is -2.07. The van der Waals surface area contributed by atoms with Crippen molar-refractivity contribution in [2.24, 2.45) is 0 Å². The molecule has 1 atom stereocenters. The maximum Gasteiger partial charge on any atom is 0.0562 e. The zero-order valence-electron chi connectivity index (χ0n) is 6.97. The quantitative estimate of drug-likeness (QED) is 0.616. The molecule has 0 amide bonds. The molecular formula is C8H18O2. The molecule has 0 aliphatic heterocycles. The van der Waals surface area contributed by atoms with Gasteiger partial charge >= 0.3 is 0 Å². The molecule has 0 fully saturated rings. The van der Waals surface area contributed by atoms with E-state index < -0.39 is 0 Å². The van der Waals surface area contributed by atoms with Gasteiger partial charge in [-0.2, -0.15) is 0 Å². The van der Waals surface area contributed by atoms with E-state index in [1.807, 2.05) is 0 Å². The highest BCUT2D eigenvalue weighted by Crippen LogP contribution is 2.03. The van der Waals surface area contributed by atoms with Gasteiger partial charge in [0, 0.05) is 13.7 Å². The molecule has 2 heteroatoms.